The number of carboxylic acids is 1. The Kier molecular flexibility index (Phi) is 3.75. The first-order valence-electron chi connectivity index (χ1n) is 8.12. The lowest BCUT2D eigenvalue weighted by molar-refractivity contribution is 0.0697. The molecule has 1 aliphatic rings. The van der Waals surface area contributed by atoms with Crippen LogP contribution in [0.15, 0.2) is 60.9 Å². The quantitative estimate of drug-likeness (QED) is 0.772. The van der Waals surface area contributed by atoms with Crippen LogP contribution in [0.5, 0.6) is 0 Å². The third-order valence-corrected chi connectivity index (χ3v) is 4.84. The summed E-state index contributed by atoms with van der Waals surface area (Å²) in [6.45, 7) is 0.863. The fourth-order valence-corrected chi connectivity index (χ4v) is 3.67. The molecule has 0 radical (unpaired) electrons. The Morgan fingerprint density at radius 1 is 1.12 bits per heavy atom. The molecule has 120 valence electrons. The molecule has 4 heteroatoms. The highest BCUT2D eigenvalue weighted by molar-refractivity contribution is 6.05. The zero-order valence-electron chi connectivity index (χ0n) is 13.1. The molecule has 0 saturated carbocycles. The highest BCUT2D eigenvalue weighted by atomic mass is 16.4. The normalized spacial score (nSPS) is 20.3. The maximum atomic E-state index is 11.9. The summed E-state index contributed by atoms with van der Waals surface area (Å²) < 4.78 is 0. The molecule has 1 aromatic heterocycles. The van der Waals surface area contributed by atoms with Crippen LogP contribution in [-0.4, -0.2) is 22.6 Å². The molecule has 4 rings (SSSR count). The molecule has 0 bridgehead atoms. The second-order valence-electron chi connectivity index (χ2n) is 6.24. The van der Waals surface area contributed by atoms with Crippen LogP contribution in [0, 0.1) is 0 Å². The molecular formula is C20H18N2O2. The first-order valence-corrected chi connectivity index (χ1v) is 8.12. The summed E-state index contributed by atoms with van der Waals surface area (Å²) in [6.07, 6.45) is 4.26. The molecule has 2 N–H and O–H groups in total. The van der Waals surface area contributed by atoms with Crippen LogP contribution in [0.25, 0.3) is 10.8 Å². The van der Waals surface area contributed by atoms with Crippen molar-refractivity contribution in [2.75, 3.05) is 6.54 Å². The minimum atomic E-state index is -0.883. The van der Waals surface area contributed by atoms with Gasteiger partial charge in [0.25, 0.3) is 0 Å². The number of fused-ring (bicyclic) bond motifs is 1. The Balaban J connectivity index is 1.72. The van der Waals surface area contributed by atoms with E-state index in [1.165, 1.54) is 5.56 Å². The van der Waals surface area contributed by atoms with Gasteiger partial charge in [-0.05, 0) is 34.9 Å². The van der Waals surface area contributed by atoms with Gasteiger partial charge in [0.2, 0.25) is 0 Å². The Morgan fingerprint density at radius 2 is 1.96 bits per heavy atom. The van der Waals surface area contributed by atoms with Crippen molar-refractivity contribution in [2.45, 2.75) is 18.4 Å². The number of rotatable bonds is 3. The number of aromatic carboxylic acids is 1. The van der Waals surface area contributed by atoms with E-state index < -0.39 is 5.97 Å². The standard InChI is InChI=1S/C20H18N2O2/c23-20(24)19-16-8-9-21-11-14(16)6-7-17(19)18-10-15(12-22-18)13-4-2-1-3-5-13/h1-9,11,15,18,22H,10,12H2,(H,23,24). The van der Waals surface area contributed by atoms with Crippen molar-refractivity contribution in [3.63, 3.8) is 0 Å². The fourth-order valence-electron chi connectivity index (χ4n) is 3.67. The fraction of sp³-hybridized carbons (Fsp3) is 0.200. The summed E-state index contributed by atoms with van der Waals surface area (Å²) in [5.41, 5.74) is 2.55. The number of hydrogen-bond acceptors (Lipinski definition) is 3. The van der Waals surface area contributed by atoms with Crippen LogP contribution < -0.4 is 5.32 Å². The van der Waals surface area contributed by atoms with Crippen molar-refractivity contribution >= 4 is 16.7 Å². The van der Waals surface area contributed by atoms with Gasteiger partial charge < -0.3 is 10.4 Å². The Hall–Kier alpha value is -2.72. The van der Waals surface area contributed by atoms with Crippen LogP contribution >= 0.6 is 0 Å². The lowest BCUT2D eigenvalue weighted by Crippen LogP contribution is -2.17. The molecule has 1 fully saturated rings. The third-order valence-electron chi connectivity index (χ3n) is 4.84. The van der Waals surface area contributed by atoms with Gasteiger partial charge in [0, 0.05) is 30.4 Å². The molecule has 4 nitrogen and oxygen atoms in total. The summed E-state index contributed by atoms with van der Waals surface area (Å²) in [5, 5.41) is 14.9. The number of nitrogens with zero attached hydrogens (tertiary/aromatic N) is 1. The van der Waals surface area contributed by atoms with E-state index in [4.69, 9.17) is 0 Å². The number of carboxylic acid groups (broad SMARTS) is 1. The molecule has 0 aliphatic carbocycles. The number of benzene rings is 2. The molecule has 1 aliphatic heterocycles. The molecule has 2 atom stereocenters. The predicted octanol–water partition coefficient (Wildman–Crippen LogP) is 3.75. The van der Waals surface area contributed by atoms with Gasteiger partial charge in [-0.15, -0.1) is 0 Å². The average Bonchev–Trinajstić information content (AvgIpc) is 3.11. The van der Waals surface area contributed by atoms with Gasteiger partial charge in [-0.3, -0.25) is 4.98 Å². The molecular weight excluding hydrogens is 300 g/mol. The first kappa shape index (κ1) is 14.8. The largest absolute Gasteiger partial charge is 0.478 e. The van der Waals surface area contributed by atoms with Crippen LogP contribution in [0.3, 0.4) is 0 Å². The maximum Gasteiger partial charge on any atom is 0.336 e. The number of nitrogens with one attached hydrogen (secondary N) is 1. The van der Waals surface area contributed by atoms with Crippen molar-refractivity contribution in [1.29, 1.82) is 0 Å². The monoisotopic (exact) mass is 318 g/mol. The topological polar surface area (TPSA) is 62.2 Å². The van der Waals surface area contributed by atoms with E-state index in [0.29, 0.717) is 11.5 Å². The summed E-state index contributed by atoms with van der Waals surface area (Å²) >= 11 is 0. The Morgan fingerprint density at radius 3 is 2.75 bits per heavy atom. The summed E-state index contributed by atoms with van der Waals surface area (Å²) in [5.74, 6) is -0.474. The van der Waals surface area contributed by atoms with E-state index in [2.05, 4.69) is 22.4 Å². The molecule has 3 aromatic rings. The average molecular weight is 318 g/mol. The zero-order chi connectivity index (χ0) is 16.5. The van der Waals surface area contributed by atoms with Gasteiger partial charge in [0.1, 0.15) is 0 Å². The third kappa shape index (κ3) is 2.55. The molecule has 2 aromatic carbocycles. The van der Waals surface area contributed by atoms with Crippen LogP contribution in [-0.2, 0) is 0 Å². The summed E-state index contributed by atoms with van der Waals surface area (Å²) in [7, 11) is 0. The zero-order valence-corrected chi connectivity index (χ0v) is 13.1. The van der Waals surface area contributed by atoms with Crippen molar-refractivity contribution in [2.24, 2.45) is 0 Å². The van der Waals surface area contributed by atoms with Gasteiger partial charge in [-0.1, -0.05) is 42.5 Å². The first-order chi connectivity index (χ1) is 11.7. The van der Waals surface area contributed by atoms with E-state index in [-0.39, 0.29) is 6.04 Å². The van der Waals surface area contributed by atoms with Gasteiger partial charge in [-0.25, -0.2) is 4.79 Å². The Bertz CT molecular complexity index is 893. The van der Waals surface area contributed by atoms with Crippen molar-refractivity contribution in [1.82, 2.24) is 10.3 Å². The Labute approximate surface area is 140 Å². The number of pyridine rings is 1. The predicted molar refractivity (Wildman–Crippen MR) is 93.2 cm³/mol. The molecule has 0 spiro atoms. The van der Waals surface area contributed by atoms with Gasteiger partial charge in [0.15, 0.2) is 0 Å². The van der Waals surface area contributed by atoms with Crippen molar-refractivity contribution in [3.05, 3.63) is 77.6 Å². The lowest BCUT2D eigenvalue weighted by atomic mass is 9.90. The van der Waals surface area contributed by atoms with Crippen LogP contribution in [0.2, 0.25) is 0 Å². The molecule has 1 saturated heterocycles. The van der Waals surface area contributed by atoms with Gasteiger partial charge in [-0.2, -0.15) is 0 Å². The van der Waals surface area contributed by atoms with E-state index in [1.54, 1.807) is 18.5 Å². The van der Waals surface area contributed by atoms with Gasteiger partial charge in [0.05, 0.1) is 5.56 Å². The molecule has 24 heavy (non-hydrogen) atoms. The number of aromatic nitrogens is 1. The second kappa shape index (κ2) is 6.06. The van der Waals surface area contributed by atoms with E-state index in [9.17, 15) is 9.90 Å². The van der Waals surface area contributed by atoms with E-state index >= 15 is 0 Å². The van der Waals surface area contributed by atoms with Crippen molar-refractivity contribution in [3.8, 4) is 0 Å². The van der Waals surface area contributed by atoms with Crippen LogP contribution in [0.4, 0.5) is 0 Å². The minimum absolute atomic E-state index is 0.0545. The van der Waals surface area contributed by atoms with E-state index in [0.717, 1.165) is 29.3 Å². The summed E-state index contributed by atoms with van der Waals surface area (Å²) in [4.78, 5) is 16.0. The maximum absolute atomic E-state index is 11.9. The number of hydrogen-bond donors (Lipinski definition) is 2. The molecule has 2 unspecified atom stereocenters. The smallest absolute Gasteiger partial charge is 0.336 e. The number of carbonyl (C=O) groups is 1. The van der Waals surface area contributed by atoms with Gasteiger partial charge >= 0.3 is 5.97 Å². The summed E-state index contributed by atoms with van der Waals surface area (Å²) in [6, 6.07) is 16.1. The highest BCUT2D eigenvalue weighted by Crippen LogP contribution is 2.36. The lowest BCUT2D eigenvalue weighted by Gasteiger charge is -2.16. The SMILES string of the molecule is O=C(O)c1c(C2CC(c3ccccc3)CN2)ccc2cnccc12. The minimum Gasteiger partial charge on any atom is -0.478 e. The van der Waals surface area contributed by atoms with Crippen LogP contribution in [0.1, 0.15) is 39.9 Å². The molecule has 0 amide bonds. The molecule has 2 heterocycles. The van der Waals surface area contributed by atoms with E-state index in [1.807, 2.05) is 30.3 Å². The second-order valence-corrected chi connectivity index (χ2v) is 6.24. The van der Waals surface area contributed by atoms with Crippen molar-refractivity contribution < 1.29 is 9.90 Å². The highest BCUT2D eigenvalue weighted by Gasteiger charge is 2.29.